The maximum atomic E-state index is 12.0. The molecule has 1 aromatic rings. The van der Waals surface area contributed by atoms with Crippen LogP contribution in [0, 0.1) is 0 Å². The molecular formula is C14H23N3O. The largest absolute Gasteiger partial charge is 0.370 e. The van der Waals surface area contributed by atoms with Crippen LogP contribution in [-0.2, 0) is 0 Å². The van der Waals surface area contributed by atoms with Crippen molar-refractivity contribution >= 4 is 11.7 Å². The Morgan fingerprint density at radius 3 is 2.83 bits per heavy atom. The van der Waals surface area contributed by atoms with Crippen LogP contribution in [0.15, 0.2) is 18.2 Å². The lowest BCUT2D eigenvalue weighted by Gasteiger charge is -2.13. The lowest BCUT2D eigenvalue weighted by atomic mass is 10.1. The van der Waals surface area contributed by atoms with Crippen molar-refractivity contribution < 1.29 is 4.79 Å². The van der Waals surface area contributed by atoms with Crippen LogP contribution in [0.1, 0.15) is 50.5 Å². The van der Waals surface area contributed by atoms with Crippen molar-refractivity contribution in [3.63, 3.8) is 0 Å². The normalized spacial score (nSPS) is 11.9. The number of rotatable bonds is 7. The number of carbonyl (C=O) groups excluding carboxylic acids is 1. The minimum atomic E-state index is -0.0987. The summed E-state index contributed by atoms with van der Waals surface area (Å²) in [4.78, 5) is 16.2. The highest BCUT2D eigenvalue weighted by molar-refractivity contribution is 5.92. The fraction of sp³-hybridized carbons (Fsp3) is 0.571. The standard InChI is InChI=1S/C14H23N3O/c1-4-6-8-11(3)16-14(18)12-9-7-10-13(17-12)15-5-2/h7,9-11H,4-6,8H2,1-3H3,(H,15,17)(H,16,18). The topological polar surface area (TPSA) is 54.0 Å². The Kier molecular flexibility index (Phi) is 6.19. The molecule has 2 N–H and O–H groups in total. The van der Waals surface area contributed by atoms with E-state index in [-0.39, 0.29) is 11.9 Å². The van der Waals surface area contributed by atoms with Gasteiger partial charge in [0.1, 0.15) is 11.5 Å². The second-order valence-electron chi connectivity index (χ2n) is 4.46. The molecule has 4 heteroatoms. The highest BCUT2D eigenvalue weighted by Gasteiger charge is 2.10. The third-order valence-corrected chi connectivity index (χ3v) is 2.71. The molecule has 100 valence electrons. The van der Waals surface area contributed by atoms with Crippen molar-refractivity contribution in [2.24, 2.45) is 0 Å². The van der Waals surface area contributed by atoms with Crippen LogP contribution in [0.5, 0.6) is 0 Å². The summed E-state index contributed by atoms with van der Waals surface area (Å²) >= 11 is 0. The van der Waals surface area contributed by atoms with E-state index < -0.39 is 0 Å². The highest BCUT2D eigenvalue weighted by atomic mass is 16.1. The van der Waals surface area contributed by atoms with Crippen molar-refractivity contribution in [1.29, 1.82) is 0 Å². The van der Waals surface area contributed by atoms with Crippen LogP contribution >= 0.6 is 0 Å². The molecule has 1 aromatic heterocycles. The van der Waals surface area contributed by atoms with Gasteiger partial charge in [-0.1, -0.05) is 25.8 Å². The number of aromatic nitrogens is 1. The van der Waals surface area contributed by atoms with Gasteiger partial charge in [0.25, 0.3) is 5.91 Å². The summed E-state index contributed by atoms with van der Waals surface area (Å²) in [6.07, 6.45) is 3.29. The Morgan fingerprint density at radius 2 is 2.17 bits per heavy atom. The molecule has 4 nitrogen and oxygen atoms in total. The minimum absolute atomic E-state index is 0.0987. The van der Waals surface area contributed by atoms with Crippen molar-refractivity contribution in [1.82, 2.24) is 10.3 Å². The number of nitrogens with one attached hydrogen (secondary N) is 2. The van der Waals surface area contributed by atoms with E-state index in [1.54, 1.807) is 6.07 Å². The Labute approximate surface area is 109 Å². The number of anilines is 1. The number of pyridine rings is 1. The zero-order valence-electron chi connectivity index (χ0n) is 11.5. The fourth-order valence-electron chi connectivity index (χ4n) is 1.72. The minimum Gasteiger partial charge on any atom is -0.370 e. The number of carbonyl (C=O) groups is 1. The van der Waals surface area contributed by atoms with Gasteiger partial charge >= 0.3 is 0 Å². The molecule has 0 aliphatic carbocycles. The Bertz CT molecular complexity index is 379. The van der Waals surface area contributed by atoms with E-state index in [2.05, 4.69) is 22.5 Å². The molecular weight excluding hydrogens is 226 g/mol. The molecule has 0 spiro atoms. The fourth-order valence-corrected chi connectivity index (χ4v) is 1.72. The summed E-state index contributed by atoms with van der Waals surface area (Å²) in [7, 11) is 0. The molecule has 0 saturated heterocycles. The quantitative estimate of drug-likeness (QED) is 0.781. The Balaban J connectivity index is 2.57. The van der Waals surface area contributed by atoms with E-state index in [0.717, 1.165) is 31.6 Å². The summed E-state index contributed by atoms with van der Waals surface area (Å²) < 4.78 is 0. The van der Waals surface area contributed by atoms with Crippen molar-refractivity contribution in [3.05, 3.63) is 23.9 Å². The zero-order valence-corrected chi connectivity index (χ0v) is 11.5. The van der Waals surface area contributed by atoms with Gasteiger partial charge in [-0.05, 0) is 32.4 Å². The van der Waals surface area contributed by atoms with Gasteiger partial charge in [0.2, 0.25) is 0 Å². The lowest BCUT2D eigenvalue weighted by molar-refractivity contribution is 0.0933. The SMILES string of the molecule is CCCCC(C)NC(=O)c1cccc(NCC)n1. The summed E-state index contributed by atoms with van der Waals surface area (Å²) in [6, 6.07) is 5.64. The Hall–Kier alpha value is -1.58. The third-order valence-electron chi connectivity index (χ3n) is 2.71. The predicted octanol–water partition coefficient (Wildman–Crippen LogP) is 2.82. The lowest BCUT2D eigenvalue weighted by Crippen LogP contribution is -2.33. The van der Waals surface area contributed by atoms with Gasteiger partial charge in [-0.25, -0.2) is 4.98 Å². The molecule has 0 radical (unpaired) electrons. The summed E-state index contributed by atoms with van der Waals surface area (Å²) in [5.41, 5.74) is 0.469. The van der Waals surface area contributed by atoms with Gasteiger partial charge in [0.15, 0.2) is 0 Å². The van der Waals surface area contributed by atoms with Crippen LogP contribution in [0.4, 0.5) is 5.82 Å². The smallest absolute Gasteiger partial charge is 0.270 e. The van der Waals surface area contributed by atoms with Crippen molar-refractivity contribution in [3.8, 4) is 0 Å². The number of unbranched alkanes of at least 4 members (excludes halogenated alkanes) is 1. The molecule has 0 aromatic carbocycles. The molecule has 0 saturated carbocycles. The second kappa shape index (κ2) is 7.69. The molecule has 0 aliphatic rings. The monoisotopic (exact) mass is 249 g/mol. The van der Waals surface area contributed by atoms with E-state index >= 15 is 0 Å². The third kappa shape index (κ3) is 4.73. The number of amides is 1. The number of nitrogens with zero attached hydrogens (tertiary/aromatic N) is 1. The molecule has 0 aliphatic heterocycles. The van der Waals surface area contributed by atoms with Crippen LogP contribution in [0.25, 0.3) is 0 Å². The van der Waals surface area contributed by atoms with E-state index in [1.807, 2.05) is 26.0 Å². The predicted molar refractivity (Wildman–Crippen MR) is 74.9 cm³/mol. The molecule has 1 atom stereocenters. The first-order valence-electron chi connectivity index (χ1n) is 6.69. The average molecular weight is 249 g/mol. The summed E-state index contributed by atoms with van der Waals surface area (Å²) in [6.45, 7) is 6.98. The first-order chi connectivity index (χ1) is 8.67. The van der Waals surface area contributed by atoms with Gasteiger partial charge < -0.3 is 10.6 Å². The van der Waals surface area contributed by atoms with Crippen molar-refractivity contribution in [2.75, 3.05) is 11.9 Å². The summed E-state index contributed by atoms with van der Waals surface area (Å²) in [5, 5.41) is 6.07. The molecule has 1 amide bonds. The second-order valence-corrected chi connectivity index (χ2v) is 4.46. The van der Waals surface area contributed by atoms with Crippen LogP contribution < -0.4 is 10.6 Å². The van der Waals surface area contributed by atoms with Gasteiger partial charge in [-0.2, -0.15) is 0 Å². The molecule has 18 heavy (non-hydrogen) atoms. The maximum absolute atomic E-state index is 12.0. The average Bonchev–Trinajstić information content (AvgIpc) is 2.37. The molecule has 1 unspecified atom stereocenters. The maximum Gasteiger partial charge on any atom is 0.270 e. The Morgan fingerprint density at radius 1 is 1.39 bits per heavy atom. The van der Waals surface area contributed by atoms with E-state index in [1.165, 1.54) is 0 Å². The van der Waals surface area contributed by atoms with E-state index in [9.17, 15) is 4.79 Å². The highest BCUT2D eigenvalue weighted by Crippen LogP contribution is 2.06. The summed E-state index contributed by atoms with van der Waals surface area (Å²) in [5.74, 6) is 0.643. The first kappa shape index (κ1) is 14.5. The van der Waals surface area contributed by atoms with Gasteiger partial charge in [0, 0.05) is 12.6 Å². The number of hydrogen-bond acceptors (Lipinski definition) is 3. The molecule has 1 heterocycles. The molecule has 1 rings (SSSR count). The van der Waals surface area contributed by atoms with Gasteiger partial charge in [-0.3, -0.25) is 4.79 Å². The number of hydrogen-bond donors (Lipinski definition) is 2. The van der Waals surface area contributed by atoms with E-state index in [0.29, 0.717) is 5.69 Å². The molecule has 0 bridgehead atoms. The first-order valence-corrected chi connectivity index (χ1v) is 6.69. The van der Waals surface area contributed by atoms with Gasteiger partial charge in [-0.15, -0.1) is 0 Å². The van der Waals surface area contributed by atoms with Crippen molar-refractivity contribution in [2.45, 2.75) is 46.1 Å². The zero-order chi connectivity index (χ0) is 13.4. The van der Waals surface area contributed by atoms with Gasteiger partial charge in [0.05, 0.1) is 0 Å². The molecule has 0 fully saturated rings. The van der Waals surface area contributed by atoms with Crippen LogP contribution in [0.2, 0.25) is 0 Å². The van der Waals surface area contributed by atoms with E-state index in [4.69, 9.17) is 0 Å². The van der Waals surface area contributed by atoms with Crippen LogP contribution in [-0.4, -0.2) is 23.5 Å². The van der Waals surface area contributed by atoms with Crippen LogP contribution in [0.3, 0.4) is 0 Å².